The molecule has 0 amide bonds. The van der Waals surface area contributed by atoms with Crippen molar-refractivity contribution in [2.45, 2.75) is 33.1 Å². The lowest BCUT2D eigenvalue weighted by Crippen LogP contribution is -2.13. The van der Waals surface area contributed by atoms with Crippen LogP contribution in [0.4, 0.5) is 0 Å². The Morgan fingerprint density at radius 1 is 1.29 bits per heavy atom. The first-order valence-corrected chi connectivity index (χ1v) is 6.08. The molecule has 0 aliphatic carbocycles. The first-order chi connectivity index (χ1) is 8.20. The van der Waals surface area contributed by atoms with E-state index in [1.54, 1.807) is 10.7 Å². The molecule has 0 spiro atoms. The molecule has 1 N–H and O–H groups in total. The van der Waals surface area contributed by atoms with Gasteiger partial charge in [-0.3, -0.25) is 9.89 Å². The Balaban J connectivity index is 2.33. The van der Waals surface area contributed by atoms with Crippen LogP contribution in [0.15, 0.2) is 35.1 Å². The van der Waals surface area contributed by atoms with Gasteiger partial charge in [-0.15, -0.1) is 0 Å². The standard InChI is InChI=1S/C14H18N2O/c1-3-4-7-12-10-14(17)16(15-12)13-8-5-6-11(2)9-13/h5-6,8-10,15H,3-4,7H2,1-2H3. The van der Waals surface area contributed by atoms with E-state index in [0.29, 0.717) is 0 Å². The van der Waals surface area contributed by atoms with E-state index >= 15 is 0 Å². The third kappa shape index (κ3) is 2.67. The van der Waals surface area contributed by atoms with Crippen LogP contribution in [0.5, 0.6) is 0 Å². The fraction of sp³-hybridized carbons (Fsp3) is 0.357. The van der Waals surface area contributed by atoms with Gasteiger partial charge in [0.2, 0.25) is 0 Å². The number of H-pyrrole nitrogens is 1. The Kier molecular flexibility index (Phi) is 3.47. The van der Waals surface area contributed by atoms with Crippen molar-refractivity contribution in [2.24, 2.45) is 0 Å². The van der Waals surface area contributed by atoms with Gasteiger partial charge in [0.25, 0.3) is 5.56 Å². The minimum Gasteiger partial charge on any atom is -0.295 e. The number of aromatic nitrogens is 2. The van der Waals surface area contributed by atoms with E-state index in [4.69, 9.17) is 0 Å². The van der Waals surface area contributed by atoms with Crippen LogP contribution in [0, 0.1) is 6.92 Å². The molecule has 0 radical (unpaired) electrons. The van der Waals surface area contributed by atoms with Gasteiger partial charge >= 0.3 is 0 Å². The van der Waals surface area contributed by atoms with Crippen LogP contribution in [-0.4, -0.2) is 9.78 Å². The van der Waals surface area contributed by atoms with E-state index in [-0.39, 0.29) is 5.56 Å². The lowest BCUT2D eigenvalue weighted by atomic mass is 10.2. The molecule has 1 heterocycles. The third-order valence-electron chi connectivity index (χ3n) is 2.83. The van der Waals surface area contributed by atoms with Crippen molar-refractivity contribution >= 4 is 0 Å². The second kappa shape index (κ2) is 5.04. The van der Waals surface area contributed by atoms with Gasteiger partial charge in [0, 0.05) is 11.8 Å². The molecule has 0 unspecified atom stereocenters. The van der Waals surface area contributed by atoms with E-state index in [9.17, 15) is 4.79 Å². The zero-order chi connectivity index (χ0) is 12.3. The summed E-state index contributed by atoms with van der Waals surface area (Å²) in [5.74, 6) is 0. The summed E-state index contributed by atoms with van der Waals surface area (Å²) in [5, 5.41) is 3.16. The molecule has 0 saturated carbocycles. The quantitative estimate of drug-likeness (QED) is 0.861. The van der Waals surface area contributed by atoms with Gasteiger partial charge in [0.15, 0.2) is 0 Å². The molecule has 0 aliphatic rings. The van der Waals surface area contributed by atoms with Crippen LogP contribution in [-0.2, 0) is 6.42 Å². The molecule has 0 fully saturated rings. The topological polar surface area (TPSA) is 37.8 Å². The average Bonchev–Trinajstić information content (AvgIpc) is 2.68. The Bertz CT molecular complexity index is 551. The van der Waals surface area contributed by atoms with Gasteiger partial charge in [-0.05, 0) is 37.5 Å². The maximum atomic E-state index is 11.8. The van der Waals surface area contributed by atoms with Gasteiger partial charge in [-0.1, -0.05) is 25.5 Å². The van der Waals surface area contributed by atoms with Crippen molar-refractivity contribution in [1.29, 1.82) is 0 Å². The molecule has 90 valence electrons. The first-order valence-electron chi connectivity index (χ1n) is 6.08. The van der Waals surface area contributed by atoms with Crippen LogP contribution < -0.4 is 5.56 Å². The average molecular weight is 230 g/mol. The number of aryl methyl sites for hydroxylation is 2. The summed E-state index contributed by atoms with van der Waals surface area (Å²) in [6.45, 7) is 4.17. The Morgan fingerprint density at radius 2 is 2.12 bits per heavy atom. The molecule has 3 heteroatoms. The second-order valence-corrected chi connectivity index (χ2v) is 4.40. The van der Waals surface area contributed by atoms with E-state index in [1.165, 1.54) is 0 Å². The number of nitrogens with one attached hydrogen (secondary N) is 1. The van der Waals surface area contributed by atoms with Crippen molar-refractivity contribution in [3.63, 3.8) is 0 Å². The number of benzene rings is 1. The molecule has 17 heavy (non-hydrogen) atoms. The summed E-state index contributed by atoms with van der Waals surface area (Å²) >= 11 is 0. The zero-order valence-electron chi connectivity index (χ0n) is 10.4. The second-order valence-electron chi connectivity index (χ2n) is 4.40. The normalized spacial score (nSPS) is 10.7. The van der Waals surface area contributed by atoms with Gasteiger partial charge in [-0.2, -0.15) is 0 Å². The molecule has 3 nitrogen and oxygen atoms in total. The third-order valence-corrected chi connectivity index (χ3v) is 2.83. The number of aromatic amines is 1. The molecular weight excluding hydrogens is 212 g/mol. The van der Waals surface area contributed by atoms with E-state index < -0.39 is 0 Å². The van der Waals surface area contributed by atoms with Gasteiger partial charge < -0.3 is 0 Å². The maximum Gasteiger partial charge on any atom is 0.271 e. The highest BCUT2D eigenvalue weighted by atomic mass is 16.1. The van der Waals surface area contributed by atoms with Crippen molar-refractivity contribution in [3.05, 3.63) is 51.9 Å². The monoisotopic (exact) mass is 230 g/mol. The molecule has 1 aromatic carbocycles. The van der Waals surface area contributed by atoms with E-state index in [2.05, 4.69) is 12.0 Å². The van der Waals surface area contributed by atoms with Crippen LogP contribution in [0.1, 0.15) is 31.0 Å². The van der Waals surface area contributed by atoms with Gasteiger partial charge in [0.05, 0.1) is 5.69 Å². The number of hydrogen-bond donors (Lipinski definition) is 1. The van der Waals surface area contributed by atoms with Crippen LogP contribution >= 0.6 is 0 Å². The van der Waals surface area contributed by atoms with Crippen molar-refractivity contribution < 1.29 is 0 Å². The predicted octanol–water partition coefficient (Wildman–Crippen LogP) is 2.82. The Labute approximate surface area is 101 Å². The first kappa shape index (κ1) is 11.7. The number of rotatable bonds is 4. The summed E-state index contributed by atoms with van der Waals surface area (Å²) in [6, 6.07) is 9.62. The fourth-order valence-electron chi connectivity index (χ4n) is 1.90. The largest absolute Gasteiger partial charge is 0.295 e. The van der Waals surface area contributed by atoms with E-state index in [0.717, 1.165) is 36.2 Å². The minimum atomic E-state index is 0.0155. The molecule has 0 atom stereocenters. The molecule has 1 aromatic heterocycles. The molecular formula is C14H18N2O. The zero-order valence-corrected chi connectivity index (χ0v) is 10.4. The SMILES string of the molecule is CCCCc1cc(=O)n(-c2cccc(C)c2)[nH]1. The maximum absolute atomic E-state index is 11.8. The number of nitrogens with zero attached hydrogens (tertiary/aromatic N) is 1. The molecule has 2 aromatic rings. The smallest absolute Gasteiger partial charge is 0.271 e. The lowest BCUT2D eigenvalue weighted by Gasteiger charge is -2.03. The highest BCUT2D eigenvalue weighted by Crippen LogP contribution is 2.08. The van der Waals surface area contributed by atoms with Crippen molar-refractivity contribution in [3.8, 4) is 5.69 Å². The van der Waals surface area contributed by atoms with Crippen LogP contribution in [0.3, 0.4) is 0 Å². The van der Waals surface area contributed by atoms with Crippen LogP contribution in [0.2, 0.25) is 0 Å². The fourth-order valence-corrected chi connectivity index (χ4v) is 1.90. The Hall–Kier alpha value is -1.77. The van der Waals surface area contributed by atoms with Gasteiger partial charge in [-0.25, -0.2) is 4.68 Å². The van der Waals surface area contributed by atoms with Gasteiger partial charge in [0.1, 0.15) is 0 Å². The predicted molar refractivity (Wildman–Crippen MR) is 69.7 cm³/mol. The summed E-state index contributed by atoms with van der Waals surface area (Å²) in [6.07, 6.45) is 3.18. The molecule has 2 rings (SSSR count). The highest BCUT2D eigenvalue weighted by molar-refractivity contribution is 5.34. The van der Waals surface area contributed by atoms with Crippen molar-refractivity contribution in [1.82, 2.24) is 9.78 Å². The van der Waals surface area contributed by atoms with E-state index in [1.807, 2.05) is 31.2 Å². The summed E-state index contributed by atoms with van der Waals surface area (Å²) in [5.41, 5.74) is 3.08. The van der Waals surface area contributed by atoms with Crippen LogP contribution in [0.25, 0.3) is 5.69 Å². The lowest BCUT2D eigenvalue weighted by molar-refractivity contribution is 0.748. The minimum absolute atomic E-state index is 0.0155. The van der Waals surface area contributed by atoms with Crippen molar-refractivity contribution in [2.75, 3.05) is 0 Å². The molecule has 0 aliphatic heterocycles. The Morgan fingerprint density at radius 3 is 2.82 bits per heavy atom. The highest BCUT2D eigenvalue weighted by Gasteiger charge is 2.04. The summed E-state index contributed by atoms with van der Waals surface area (Å²) in [7, 11) is 0. The number of hydrogen-bond acceptors (Lipinski definition) is 1. The number of unbranched alkanes of at least 4 members (excludes halogenated alkanes) is 1. The summed E-state index contributed by atoms with van der Waals surface area (Å²) < 4.78 is 1.61. The molecule has 0 saturated heterocycles. The summed E-state index contributed by atoms with van der Waals surface area (Å²) in [4.78, 5) is 11.8. The molecule has 0 bridgehead atoms.